The highest BCUT2D eigenvalue weighted by Crippen LogP contribution is 2.43. The van der Waals surface area contributed by atoms with E-state index in [1.165, 1.54) is 11.1 Å². The third kappa shape index (κ3) is 2.37. The number of nitrogens with zero attached hydrogens (tertiary/aromatic N) is 2. The molecule has 0 aliphatic carbocycles. The fraction of sp³-hybridized carbons (Fsp3) is 0.579. The highest BCUT2D eigenvalue weighted by molar-refractivity contribution is 6.43. The Bertz CT molecular complexity index is 650. The lowest BCUT2D eigenvalue weighted by Crippen LogP contribution is -2.46. The molecule has 22 heavy (non-hydrogen) atoms. The average molecular weight is 298 g/mol. The van der Waals surface area contributed by atoms with Gasteiger partial charge in [-0.3, -0.25) is 4.79 Å². The summed E-state index contributed by atoms with van der Waals surface area (Å²) in [7, 11) is 0. The summed E-state index contributed by atoms with van der Waals surface area (Å²) in [6, 6.07) is 4.33. The van der Waals surface area contributed by atoms with Crippen LogP contribution in [0.3, 0.4) is 0 Å². The zero-order valence-corrected chi connectivity index (χ0v) is 14.4. The van der Waals surface area contributed by atoms with Crippen LogP contribution < -0.4 is 0 Å². The van der Waals surface area contributed by atoms with E-state index in [9.17, 15) is 4.79 Å². The van der Waals surface area contributed by atoms with Crippen molar-refractivity contribution in [1.82, 2.24) is 4.90 Å². The average Bonchev–Trinajstić information content (AvgIpc) is 2.71. The number of hydrogen-bond donors (Lipinski definition) is 0. The summed E-state index contributed by atoms with van der Waals surface area (Å²) in [4.78, 5) is 19.7. The maximum atomic E-state index is 13.0. The number of aliphatic imine (C=N–C) groups is 1. The second-order valence-corrected chi connectivity index (χ2v) is 7.54. The lowest BCUT2D eigenvalue weighted by molar-refractivity contribution is -0.125. The number of rotatable bonds is 1. The van der Waals surface area contributed by atoms with Gasteiger partial charge in [-0.2, -0.15) is 0 Å². The normalized spacial score (nSPS) is 20.8. The molecule has 0 spiro atoms. The molecule has 0 unspecified atom stereocenters. The smallest absolute Gasteiger partial charge is 0.269 e. The fourth-order valence-corrected chi connectivity index (χ4v) is 3.64. The molecule has 1 saturated heterocycles. The zero-order valence-electron chi connectivity index (χ0n) is 14.4. The van der Waals surface area contributed by atoms with E-state index >= 15 is 0 Å². The number of likely N-dealkylation sites (tertiary alicyclic amines) is 1. The molecule has 3 nitrogen and oxygen atoms in total. The Balaban J connectivity index is 1.94. The van der Waals surface area contributed by atoms with Crippen molar-refractivity contribution in [3.05, 3.63) is 28.8 Å². The van der Waals surface area contributed by atoms with Gasteiger partial charge < -0.3 is 4.90 Å². The standard InChI is InChI=1S/C19H26N2O/c1-12-6-8-21(9-7-12)18(22)17-19(4,5)15-11-13(2)10-14(3)16(15)20-17/h10-12H,6-9H2,1-5H3. The fourth-order valence-electron chi connectivity index (χ4n) is 3.64. The van der Waals surface area contributed by atoms with Gasteiger partial charge in [0.05, 0.1) is 5.69 Å². The van der Waals surface area contributed by atoms with Gasteiger partial charge in [0.25, 0.3) is 5.91 Å². The Hall–Kier alpha value is -1.64. The molecule has 2 aliphatic rings. The van der Waals surface area contributed by atoms with Gasteiger partial charge in [-0.05, 0) is 57.6 Å². The number of carbonyl (C=O) groups excluding carboxylic acids is 1. The van der Waals surface area contributed by atoms with Crippen molar-refractivity contribution in [2.45, 2.75) is 52.9 Å². The lowest BCUT2D eigenvalue weighted by Gasteiger charge is -2.32. The Morgan fingerprint density at radius 3 is 2.50 bits per heavy atom. The minimum atomic E-state index is -0.299. The van der Waals surface area contributed by atoms with Gasteiger partial charge in [-0.15, -0.1) is 0 Å². The summed E-state index contributed by atoms with van der Waals surface area (Å²) in [5.41, 5.74) is 5.01. The van der Waals surface area contributed by atoms with Gasteiger partial charge in [-0.25, -0.2) is 4.99 Å². The van der Waals surface area contributed by atoms with Crippen LogP contribution in [0.2, 0.25) is 0 Å². The second kappa shape index (κ2) is 5.22. The van der Waals surface area contributed by atoms with E-state index < -0.39 is 0 Å². The van der Waals surface area contributed by atoms with Gasteiger partial charge in [0, 0.05) is 18.5 Å². The Morgan fingerprint density at radius 1 is 1.23 bits per heavy atom. The Labute approximate surface area is 133 Å². The first-order valence-corrected chi connectivity index (χ1v) is 8.31. The third-order valence-corrected chi connectivity index (χ3v) is 5.21. The van der Waals surface area contributed by atoms with Crippen LogP contribution in [0.1, 0.15) is 50.3 Å². The molecule has 1 aromatic rings. The largest absolute Gasteiger partial charge is 0.338 e. The van der Waals surface area contributed by atoms with E-state index in [0.717, 1.165) is 43.1 Å². The molecule has 1 fully saturated rings. The number of aryl methyl sites for hydroxylation is 2. The lowest BCUT2D eigenvalue weighted by atomic mass is 9.79. The van der Waals surface area contributed by atoms with Gasteiger partial charge in [0.2, 0.25) is 0 Å². The molecule has 3 heteroatoms. The van der Waals surface area contributed by atoms with Crippen LogP contribution in [0, 0.1) is 19.8 Å². The summed E-state index contributed by atoms with van der Waals surface area (Å²) in [5, 5.41) is 0. The second-order valence-electron chi connectivity index (χ2n) is 7.54. The van der Waals surface area contributed by atoms with Crippen LogP contribution >= 0.6 is 0 Å². The molecule has 3 rings (SSSR count). The molecule has 0 aromatic heterocycles. The number of amides is 1. The van der Waals surface area contributed by atoms with Crippen LogP contribution in [-0.4, -0.2) is 29.6 Å². The topological polar surface area (TPSA) is 32.7 Å². The van der Waals surface area contributed by atoms with Gasteiger partial charge in [0.1, 0.15) is 5.71 Å². The molecule has 118 valence electrons. The van der Waals surface area contributed by atoms with Crippen molar-refractivity contribution in [3.8, 4) is 0 Å². The van der Waals surface area contributed by atoms with E-state index in [2.05, 4.69) is 46.8 Å². The van der Waals surface area contributed by atoms with Crippen LogP contribution in [0.15, 0.2) is 17.1 Å². The summed E-state index contributed by atoms with van der Waals surface area (Å²) >= 11 is 0. The van der Waals surface area contributed by atoms with Crippen molar-refractivity contribution in [2.75, 3.05) is 13.1 Å². The molecule has 1 aromatic carbocycles. The van der Waals surface area contributed by atoms with Crippen LogP contribution in [-0.2, 0) is 10.2 Å². The quantitative estimate of drug-likeness (QED) is 0.773. The summed E-state index contributed by atoms with van der Waals surface area (Å²) in [6.07, 6.45) is 2.20. The first-order chi connectivity index (χ1) is 10.3. The Kier molecular flexibility index (Phi) is 3.62. The van der Waals surface area contributed by atoms with Crippen LogP contribution in [0.25, 0.3) is 0 Å². The minimum absolute atomic E-state index is 0.130. The Morgan fingerprint density at radius 2 is 1.86 bits per heavy atom. The summed E-state index contributed by atoms with van der Waals surface area (Å²) in [5.74, 6) is 0.856. The molecule has 0 N–H and O–H groups in total. The first kappa shape index (κ1) is 15.3. The molecule has 2 heterocycles. The highest BCUT2D eigenvalue weighted by atomic mass is 16.2. The molecule has 1 amide bonds. The van der Waals surface area contributed by atoms with Crippen LogP contribution in [0.5, 0.6) is 0 Å². The van der Waals surface area contributed by atoms with E-state index in [4.69, 9.17) is 4.99 Å². The summed E-state index contributed by atoms with van der Waals surface area (Å²) < 4.78 is 0. The zero-order chi connectivity index (χ0) is 16.1. The SMILES string of the molecule is Cc1cc(C)c2c(c1)C(C)(C)C(C(=O)N1CCC(C)CC1)=N2. The van der Waals surface area contributed by atoms with Crippen molar-refractivity contribution >= 4 is 17.3 Å². The third-order valence-electron chi connectivity index (χ3n) is 5.21. The minimum Gasteiger partial charge on any atom is -0.338 e. The number of hydrogen-bond acceptors (Lipinski definition) is 2. The molecule has 0 saturated carbocycles. The van der Waals surface area contributed by atoms with Gasteiger partial charge >= 0.3 is 0 Å². The molecular formula is C19H26N2O. The van der Waals surface area contributed by atoms with Crippen molar-refractivity contribution in [1.29, 1.82) is 0 Å². The number of fused-ring (bicyclic) bond motifs is 1. The van der Waals surface area contributed by atoms with E-state index in [1.807, 2.05) is 4.90 Å². The molecule has 0 bridgehead atoms. The van der Waals surface area contributed by atoms with Gasteiger partial charge in [-0.1, -0.05) is 24.6 Å². The van der Waals surface area contributed by atoms with E-state index in [-0.39, 0.29) is 11.3 Å². The maximum Gasteiger partial charge on any atom is 0.269 e. The number of piperidine rings is 1. The van der Waals surface area contributed by atoms with E-state index in [0.29, 0.717) is 5.71 Å². The molecule has 0 atom stereocenters. The molecule has 0 radical (unpaired) electrons. The maximum absolute atomic E-state index is 13.0. The van der Waals surface area contributed by atoms with Crippen molar-refractivity contribution in [2.24, 2.45) is 10.9 Å². The summed E-state index contributed by atoms with van der Waals surface area (Å²) in [6.45, 7) is 12.4. The van der Waals surface area contributed by atoms with Crippen molar-refractivity contribution < 1.29 is 4.79 Å². The monoisotopic (exact) mass is 298 g/mol. The predicted molar refractivity (Wildman–Crippen MR) is 91.0 cm³/mol. The van der Waals surface area contributed by atoms with Gasteiger partial charge in [0.15, 0.2) is 0 Å². The number of carbonyl (C=O) groups is 1. The first-order valence-electron chi connectivity index (χ1n) is 8.31. The van der Waals surface area contributed by atoms with E-state index in [1.54, 1.807) is 0 Å². The predicted octanol–water partition coefficient (Wildman–Crippen LogP) is 3.93. The molecule has 2 aliphatic heterocycles. The number of benzene rings is 1. The molecular weight excluding hydrogens is 272 g/mol. The highest BCUT2D eigenvalue weighted by Gasteiger charge is 2.41. The van der Waals surface area contributed by atoms with Crippen LogP contribution in [0.4, 0.5) is 5.69 Å². The van der Waals surface area contributed by atoms with Crippen molar-refractivity contribution in [3.63, 3.8) is 0 Å².